The normalized spacial score (nSPS) is 10.9. The molecule has 0 spiro atoms. The molecular weight excluding hydrogens is 378 g/mol. The molecule has 0 fully saturated rings. The molecule has 1 heterocycles. The molecular formula is C20H19N3O4S. The van der Waals surface area contributed by atoms with E-state index in [4.69, 9.17) is 4.74 Å². The van der Waals surface area contributed by atoms with Gasteiger partial charge in [0.05, 0.1) is 12.0 Å². The highest BCUT2D eigenvalue weighted by atomic mass is 32.2. The number of carbonyl (C=O) groups excluding carboxylic acids is 1. The smallest absolute Gasteiger partial charge is 0.334 e. The molecule has 8 heteroatoms. The van der Waals surface area contributed by atoms with E-state index >= 15 is 0 Å². The number of nitrogens with one attached hydrogen (secondary N) is 2. The van der Waals surface area contributed by atoms with Gasteiger partial charge in [-0.1, -0.05) is 48.5 Å². The second-order valence-electron chi connectivity index (χ2n) is 5.96. The van der Waals surface area contributed by atoms with Gasteiger partial charge in [0, 0.05) is 23.4 Å². The van der Waals surface area contributed by atoms with Crippen LogP contribution in [0.4, 0.5) is 10.6 Å². The van der Waals surface area contributed by atoms with Crippen molar-refractivity contribution in [2.75, 3.05) is 12.4 Å². The zero-order valence-electron chi connectivity index (χ0n) is 15.3. The Labute approximate surface area is 163 Å². The first-order valence-corrected chi connectivity index (χ1v) is 9.88. The molecule has 0 saturated carbocycles. The largest absolute Gasteiger partial charge is 0.497 e. The van der Waals surface area contributed by atoms with Gasteiger partial charge in [-0.25, -0.2) is 22.9 Å². The average molecular weight is 397 g/mol. The lowest BCUT2D eigenvalue weighted by molar-refractivity contribution is 0.256. The highest BCUT2D eigenvalue weighted by Crippen LogP contribution is 2.27. The summed E-state index contributed by atoms with van der Waals surface area (Å²) in [6.45, 7) is 1.73. The van der Waals surface area contributed by atoms with Crippen LogP contribution in [-0.4, -0.2) is 26.5 Å². The Morgan fingerprint density at radius 3 is 2.39 bits per heavy atom. The lowest BCUT2D eigenvalue weighted by Crippen LogP contribution is -2.34. The number of methoxy groups -OCH3 is 1. The van der Waals surface area contributed by atoms with E-state index in [-0.39, 0.29) is 10.7 Å². The van der Waals surface area contributed by atoms with Gasteiger partial charge in [0.15, 0.2) is 0 Å². The third-order valence-electron chi connectivity index (χ3n) is 3.89. The van der Waals surface area contributed by atoms with E-state index < -0.39 is 16.1 Å². The predicted molar refractivity (Wildman–Crippen MR) is 107 cm³/mol. The summed E-state index contributed by atoms with van der Waals surface area (Å²) in [5.41, 5.74) is 1.85. The van der Waals surface area contributed by atoms with Gasteiger partial charge in [0.1, 0.15) is 11.6 Å². The van der Waals surface area contributed by atoms with Crippen molar-refractivity contribution in [1.29, 1.82) is 0 Å². The maximum atomic E-state index is 12.8. The zero-order valence-corrected chi connectivity index (χ0v) is 16.2. The van der Waals surface area contributed by atoms with E-state index in [2.05, 4.69) is 10.3 Å². The van der Waals surface area contributed by atoms with E-state index in [0.29, 0.717) is 17.0 Å². The predicted octanol–water partition coefficient (Wildman–Crippen LogP) is 3.58. The maximum Gasteiger partial charge on any atom is 0.334 e. The van der Waals surface area contributed by atoms with Crippen LogP contribution >= 0.6 is 0 Å². The maximum absolute atomic E-state index is 12.8. The molecule has 7 nitrogen and oxygen atoms in total. The molecule has 3 aromatic rings. The number of urea groups is 1. The summed E-state index contributed by atoms with van der Waals surface area (Å²) in [4.78, 5) is 16.4. The Morgan fingerprint density at radius 1 is 1.00 bits per heavy atom. The Balaban J connectivity index is 1.85. The van der Waals surface area contributed by atoms with Gasteiger partial charge in [-0.3, -0.25) is 5.32 Å². The van der Waals surface area contributed by atoms with Crippen LogP contribution in [0.5, 0.6) is 5.75 Å². The standard InChI is InChI=1S/C20H19N3O4S/c1-14-12-16(27-2)13-19(21-14)22-20(24)23-28(25,26)18-11-7-6-10-17(18)15-8-4-3-5-9-15/h3-13H,1-2H3,(H2,21,22,23,24). The Bertz CT molecular complexity index is 1100. The molecule has 0 radical (unpaired) electrons. The molecule has 0 unspecified atom stereocenters. The molecule has 1 aromatic heterocycles. The van der Waals surface area contributed by atoms with Crippen LogP contribution in [-0.2, 0) is 10.0 Å². The van der Waals surface area contributed by atoms with Crippen LogP contribution in [0.25, 0.3) is 11.1 Å². The Hall–Kier alpha value is -3.39. The molecule has 2 N–H and O–H groups in total. The first-order chi connectivity index (χ1) is 13.4. The summed E-state index contributed by atoms with van der Waals surface area (Å²) >= 11 is 0. The van der Waals surface area contributed by atoms with Gasteiger partial charge in [0.2, 0.25) is 0 Å². The number of nitrogens with zero attached hydrogens (tertiary/aromatic N) is 1. The number of carbonyl (C=O) groups is 1. The summed E-state index contributed by atoms with van der Waals surface area (Å²) in [5.74, 6) is 0.681. The summed E-state index contributed by atoms with van der Waals surface area (Å²) in [6, 6.07) is 17.8. The minimum absolute atomic E-state index is 0.00568. The fourth-order valence-electron chi connectivity index (χ4n) is 2.69. The summed E-state index contributed by atoms with van der Waals surface area (Å²) in [5, 5.41) is 2.42. The second-order valence-corrected chi connectivity index (χ2v) is 7.61. The van der Waals surface area contributed by atoms with Gasteiger partial charge < -0.3 is 4.74 Å². The van der Waals surface area contributed by atoms with Crippen LogP contribution in [0.15, 0.2) is 71.6 Å². The van der Waals surface area contributed by atoms with Crippen LogP contribution in [0.2, 0.25) is 0 Å². The van der Waals surface area contributed by atoms with Crippen molar-refractivity contribution in [3.8, 4) is 16.9 Å². The molecule has 2 amide bonds. The monoisotopic (exact) mass is 397 g/mol. The van der Waals surface area contributed by atoms with E-state index in [0.717, 1.165) is 5.56 Å². The van der Waals surface area contributed by atoms with Crippen molar-refractivity contribution in [2.24, 2.45) is 0 Å². The number of ether oxygens (including phenoxy) is 1. The van der Waals surface area contributed by atoms with Crippen LogP contribution in [0, 0.1) is 6.92 Å². The van der Waals surface area contributed by atoms with E-state index in [1.165, 1.54) is 19.2 Å². The highest BCUT2D eigenvalue weighted by molar-refractivity contribution is 7.90. The SMILES string of the molecule is COc1cc(C)nc(NC(=O)NS(=O)(=O)c2ccccc2-c2ccccc2)c1. The number of sulfonamides is 1. The van der Waals surface area contributed by atoms with Crippen molar-refractivity contribution < 1.29 is 17.9 Å². The van der Waals surface area contributed by atoms with Crippen molar-refractivity contribution in [3.63, 3.8) is 0 Å². The third-order valence-corrected chi connectivity index (χ3v) is 5.28. The van der Waals surface area contributed by atoms with Crippen molar-refractivity contribution in [3.05, 3.63) is 72.4 Å². The minimum atomic E-state index is -4.11. The quantitative estimate of drug-likeness (QED) is 0.686. The molecule has 0 aliphatic rings. The molecule has 0 aliphatic heterocycles. The number of rotatable bonds is 5. The number of aromatic nitrogens is 1. The average Bonchev–Trinajstić information content (AvgIpc) is 2.67. The number of benzene rings is 2. The topological polar surface area (TPSA) is 97.4 Å². The van der Waals surface area contributed by atoms with Crippen molar-refractivity contribution in [1.82, 2.24) is 9.71 Å². The number of anilines is 1. The molecule has 0 atom stereocenters. The molecule has 0 saturated heterocycles. The second kappa shape index (κ2) is 8.10. The first kappa shape index (κ1) is 19.4. The van der Waals surface area contributed by atoms with E-state index in [1.807, 2.05) is 22.9 Å². The molecule has 3 rings (SSSR count). The Morgan fingerprint density at radius 2 is 1.68 bits per heavy atom. The van der Waals surface area contributed by atoms with Crippen molar-refractivity contribution >= 4 is 21.9 Å². The Kier molecular flexibility index (Phi) is 5.60. The number of pyridine rings is 1. The molecule has 144 valence electrons. The molecule has 28 heavy (non-hydrogen) atoms. The van der Waals surface area contributed by atoms with Gasteiger partial charge in [-0.2, -0.15) is 0 Å². The van der Waals surface area contributed by atoms with Crippen LogP contribution in [0.1, 0.15) is 5.69 Å². The van der Waals surface area contributed by atoms with Crippen LogP contribution in [0.3, 0.4) is 0 Å². The molecule has 2 aromatic carbocycles. The van der Waals surface area contributed by atoms with Crippen LogP contribution < -0.4 is 14.8 Å². The molecule has 0 aliphatic carbocycles. The number of hydrogen-bond acceptors (Lipinski definition) is 5. The van der Waals surface area contributed by atoms with Gasteiger partial charge in [0.25, 0.3) is 10.0 Å². The summed E-state index contributed by atoms with van der Waals surface area (Å²) < 4.78 is 32.8. The fourth-order valence-corrected chi connectivity index (χ4v) is 3.83. The lowest BCUT2D eigenvalue weighted by atomic mass is 10.1. The number of aryl methyl sites for hydroxylation is 1. The van der Waals surface area contributed by atoms with E-state index in [1.54, 1.807) is 43.3 Å². The highest BCUT2D eigenvalue weighted by Gasteiger charge is 2.22. The first-order valence-electron chi connectivity index (χ1n) is 8.40. The zero-order chi connectivity index (χ0) is 20.1. The number of hydrogen-bond donors (Lipinski definition) is 2. The third kappa shape index (κ3) is 4.47. The lowest BCUT2D eigenvalue weighted by Gasteiger charge is -2.13. The van der Waals surface area contributed by atoms with Gasteiger partial charge in [-0.05, 0) is 18.6 Å². The summed E-state index contributed by atoms with van der Waals surface area (Å²) in [6.07, 6.45) is 0. The number of amides is 2. The van der Waals surface area contributed by atoms with Crippen molar-refractivity contribution in [2.45, 2.75) is 11.8 Å². The van der Waals surface area contributed by atoms with Gasteiger partial charge in [-0.15, -0.1) is 0 Å². The van der Waals surface area contributed by atoms with E-state index in [9.17, 15) is 13.2 Å². The van der Waals surface area contributed by atoms with Gasteiger partial charge >= 0.3 is 6.03 Å². The fraction of sp³-hybridized carbons (Fsp3) is 0.100. The summed E-state index contributed by atoms with van der Waals surface area (Å²) in [7, 11) is -2.62. The minimum Gasteiger partial charge on any atom is -0.497 e. The molecule has 0 bridgehead atoms.